The second-order valence-corrected chi connectivity index (χ2v) is 3.76. The van der Waals surface area contributed by atoms with Crippen molar-refractivity contribution >= 4 is 0 Å². The molecule has 0 spiro atoms. The van der Waals surface area contributed by atoms with Gasteiger partial charge in [-0.2, -0.15) is 20.8 Å². The summed E-state index contributed by atoms with van der Waals surface area (Å²) in [7, 11) is 0. The maximum atomic E-state index is 8.43. The molecule has 0 N–H and O–H groups in total. The first-order valence-corrected chi connectivity index (χ1v) is 4.15. The fourth-order valence-electron chi connectivity index (χ4n) is 0.619. The molecule has 0 heterocycles. The number of azo groups is 1. The zero-order chi connectivity index (χ0) is 10.3. The lowest BCUT2D eigenvalue weighted by Gasteiger charge is -2.10. The Morgan fingerprint density at radius 3 is 1.92 bits per heavy atom. The smallest absolute Gasteiger partial charge is 0.0967 e. The first kappa shape index (κ1) is 11.6. The summed E-state index contributed by atoms with van der Waals surface area (Å²) in [5.74, 6) is 0. The number of rotatable bonds is 3. The van der Waals surface area contributed by atoms with Crippen LogP contribution in [-0.2, 0) is 0 Å². The lowest BCUT2D eigenvalue weighted by molar-refractivity contribution is 0.510. The van der Waals surface area contributed by atoms with Gasteiger partial charge in [0, 0.05) is 0 Å². The van der Waals surface area contributed by atoms with Gasteiger partial charge in [-0.3, -0.25) is 0 Å². The highest BCUT2D eigenvalue weighted by molar-refractivity contribution is 4.87. The Labute approximate surface area is 78.9 Å². The largest absolute Gasteiger partial charge is 0.198 e. The lowest BCUT2D eigenvalue weighted by atomic mass is 10.1. The van der Waals surface area contributed by atoms with Crippen molar-refractivity contribution in [1.29, 1.82) is 10.5 Å². The van der Waals surface area contributed by atoms with Gasteiger partial charge in [0.05, 0.1) is 36.6 Å². The second kappa shape index (κ2) is 5.27. The SMILES string of the molecule is CC(C)(C)N=NC(CC#N)CC#N. The van der Waals surface area contributed by atoms with Crippen molar-refractivity contribution in [3.05, 3.63) is 0 Å². The van der Waals surface area contributed by atoms with Crippen LogP contribution in [0.2, 0.25) is 0 Å². The van der Waals surface area contributed by atoms with Crippen molar-refractivity contribution in [2.75, 3.05) is 0 Å². The summed E-state index contributed by atoms with van der Waals surface area (Å²) >= 11 is 0. The zero-order valence-electron chi connectivity index (χ0n) is 8.28. The molecule has 0 aliphatic heterocycles. The van der Waals surface area contributed by atoms with Gasteiger partial charge < -0.3 is 0 Å². The van der Waals surface area contributed by atoms with E-state index in [9.17, 15) is 0 Å². The molecule has 0 fully saturated rings. The molecule has 0 bridgehead atoms. The molecule has 0 aromatic heterocycles. The van der Waals surface area contributed by atoms with Crippen LogP contribution in [-0.4, -0.2) is 11.6 Å². The van der Waals surface area contributed by atoms with E-state index in [1.165, 1.54) is 0 Å². The highest BCUT2D eigenvalue weighted by Crippen LogP contribution is 2.10. The van der Waals surface area contributed by atoms with Crippen molar-refractivity contribution in [2.45, 2.75) is 45.2 Å². The van der Waals surface area contributed by atoms with Crippen LogP contribution in [0.15, 0.2) is 10.2 Å². The highest BCUT2D eigenvalue weighted by Gasteiger charge is 2.10. The second-order valence-electron chi connectivity index (χ2n) is 3.76. The molecule has 0 radical (unpaired) electrons. The summed E-state index contributed by atoms with van der Waals surface area (Å²) < 4.78 is 0. The van der Waals surface area contributed by atoms with Gasteiger partial charge in [-0.15, -0.1) is 0 Å². The average Bonchev–Trinajstić information content (AvgIpc) is 2.00. The van der Waals surface area contributed by atoms with E-state index in [1.807, 2.05) is 32.9 Å². The van der Waals surface area contributed by atoms with Crippen LogP contribution in [0.5, 0.6) is 0 Å². The van der Waals surface area contributed by atoms with Crippen molar-refractivity contribution in [2.24, 2.45) is 10.2 Å². The molecule has 0 amide bonds. The fraction of sp³-hybridized carbons (Fsp3) is 0.778. The Kier molecular flexibility index (Phi) is 4.69. The summed E-state index contributed by atoms with van der Waals surface area (Å²) in [5, 5.41) is 24.8. The first-order valence-electron chi connectivity index (χ1n) is 4.15. The van der Waals surface area contributed by atoms with Crippen LogP contribution in [0.25, 0.3) is 0 Å². The minimum Gasteiger partial charge on any atom is -0.198 e. The number of nitriles is 2. The van der Waals surface area contributed by atoms with E-state index in [0.29, 0.717) is 0 Å². The third kappa shape index (κ3) is 6.96. The van der Waals surface area contributed by atoms with Crippen LogP contribution in [0.1, 0.15) is 33.6 Å². The number of hydrogen-bond donors (Lipinski definition) is 0. The molecule has 0 atom stereocenters. The molecule has 70 valence electrons. The van der Waals surface area contributed by atoms with Gasteiger partial charge in [0.1, 0.15) is 0 Å². The van der Waals surface area contributed by atoms with Gasteiger partial charge in [-0.25, -0.2) is 0 Å². The Morgan fingerprint density at radius 1 is 1.15 bits per heavy atom. The van der Waals surface area contributed by atoms with Crippen molar-refractivity contribution < 1.29 is 0 Å². The Bertz CT molecular complexity index is 232. The molecular weight excluding hydrogens is 164 g/mol. The zero-order valence-corrected chi connectivity index (χ0v) is 8.28. The van der Waals surface area contributed by atoms with E-state index < -0.39 is 0 Å². The van der Waals surface area contributed by atoms with Gasteiger partial charge >= 0.3 is 0 Å². The molecule has 0 unspecified atom stereocenters. The maximum absolute atomic E-state index is 8.43. The minimum atomic E-state index is -0.269. The average molecular weight is 178 g/mol. The maximum Gasteiger partial charge on any atom is 0.0967 e. The third-order valence-corrected chi connectivity index (χ3v) is 1.17. The molecule has 4 nitrogen and oxygen atoms in total. The molecule has 0 saturated carbocycles. The summed E-state index contributed by atoms with van der Waals surface area (Å²) in [4.78, 5) is 0. The van der Waals surface area contributed by atoms with Crippen molar-refractivity contribution in [1.82, 2.24) is 0 Å². The predicted molar refractivity (Wildman–Crippen MR) is 48.9 cm³/mol. The summed E-state index contributed by atoms with van der Waals surface area (Å²) in [5.41, 5.74) is -0.233. The van der Waals surface area contributed by atoms with Gasteiger partial charge in [-0.05, 0) is 20.8 Å². The summed E-state index contributed by atoms with van der Waals surface area (Å²) in [6, 6.07) is 3.70. The summed E-state index contributed by atoms with van der Waals surface area (Å²) in [6.45, 7) is 5.77. The van der Waals surface area contributed by atoms with Gasteiger partial charge in [0.15, 0.2) is 0 Å². The lowest BCUT2D eigenvalue weighted by Crippen LogP contribution is -2.10. The molecule has 0 aliphatic carbocycles. The Morgan fingerprint density at radius 2 is 1.62 bits per heavy atom. The predicted octanol–water partition coefficient (Wildman–Crippen LogP) is 2.43. The molecule has 13 heavy (non-hydrogen) atoms. The molecule has 4 heteroatoms. The van der Waals surface area contributed by atoms with Crippen LogP contribution in [0, 0.1) is 22.7 Å². The van der Waals surface area contributed by atoms with Crippen LogP contribution in [0.3, 0.4) is 0 Å². The van der Waals surface area contributed by atoms with E-state index in [-0.39, 0.29) is 24.4 Å². The fourth-order valence-corrected chi connectivity index (χ4v) is 0.619. The van der Waals surface area contributed by atoms with Crippen LogP contribution >= 0.6 is 0 Å². The highest BCUT2D eigenvalue weighted by atomic mass is 15.2. The quantitative estimate of drug-likeness (QED) is 0.622. The van der Waals surface area contributed by atoms with E-state index >= 15 is 0 Å². The standard InChI is InChI=1S/C9H14N4/c1-9(2,3)13-12-8(4-6-10)5-7-11/h8H,4-5H2,1-3H3. The van der Waals surface area contributed by atoms with E-state index in [1.54, 1.807) is 0 Å². The van der Waals surface area contributed by atoms with Gasteiger partial charge in [0.2, 0.25) is 0 Å². The minimum absolute atomic E-state index is 0.233. The summed E-state index contributed by atoms with van der Waals surface area (Å²) in [6.07, 6.45) is 0.514. The van der Waals surface area contributed by atoms with Gasteiger partial charge in [-0.1, -0.05) is 0 Å². The normalized spacial score (nSPS) is 11.5. The van der Waals surface area contributed by atoms with E-state index in [0.717, 1.165) is 0 Å². The molecule has 0 rings (SSSR count). The Balaban J connectivity index is 4.20. The first-order chi connectivity index (χ1) is 5.99. The third-order valence-electron chi connectivity index (χ3n) is 1.17. The van der Waals surface area contributed by atoms with E-state index in [2.05, 4.69) is 10.2 Å². The Hall–Kier alpha value is -1.42. The topological polar surface area (TPSA) is 72.3 Å². The van der Waals surface area contributed by atoms with Crippen molar-refractivity contribution in [3.8, 4) is 12.1 Å². The monoisotopic (exact) mass is 178 g/mol. The molecule has 0 aliphatic rings. The van der Waals surface area contributed by atoms with Crippen LogP contribution < -0.4 is 0 Å². The molecular formula is C9H14N4. The molecule has 0 saturated heterocycles. The number of hydrogen-bond acceptors (Lipinski definition) is 4. The molecule has 0 aromatic carbocycles. The van der Waals surface area contributed by atoms with Crippen molar-refractivity contribution in [3.63, 3.8) is 0 Å². The van der Waals surface area contributed by atoms with Gasteiger partial charge in [0.25, 0.3) is 0 Å². The molecule has 0 aromatic rings. The van der Waals surface area contributed by atoms with E-state index in [4.69, 9.17) is 10.5 Å². The number of nitrogens with zero attached hydrogens (tertiary/aromatic N) is 4. The van der Waals surface area contributed by atoms with Crippen LogP contribution in [0.4, 0.5) is 0 Å².